The second-order valence-electron chi connectivity index (χ2n) is 4.44. The number of aliphatic hydroxyl groups is 1. The minimum atomic E-state index is -0.438. The van der Waals surface area contributed by atoms with Crippen molar-refractivity contribution in [2.45, 2.75) is 18.9 Å². The van der Waals surface area contributed by atoms with Crippen molar-refractivity contribution in [3.05, 3.63) is 68.1 Å². The van der Waals surface area contributed by atoms with Crippen LogP contribution in [0, 0.1) is 0 Å². The van der Waals surface area contributed by atoms with Gasteiger partial charge in [0.2, 0.25) is 0 Å². The Kier molecular flexibility index (Phi) is 5.28. The van der Waals surface area contributed by atoms with Gasteiger partial charge in [0, 0.05) is 4.47 Å². The Bertz CT molecular complexity index is 572. The van der Waals surface area contributed by atoms with Gasteiger partial charge in [-0.2, -0.15) is 0 Å². The molecule has 1 N–H and O–H groups in total. The van der Waals surface area contributed by atoms with Gasteiger partial charge in [0.05, 0.1) is 16.1 Å². The van der Waals surface area contributed by atoms with Crippen molar-refractivity contribution in [3.8, 4) is 0 Å². The average Bonchev–Trinajstić information content (AvgIpc) is 2.34. The largest absolute Gasteiger partial charge is 0.392 e. The van der Waals surface area contributed by atoms with Gasteiger partial charge in [0.15, 0.2) is 0 Å². The van der Waals surface area contributed by atoms with Crippen LogP contribution in [0.4, 0.5) is 0 Å². The zero-order valence-electron chi connectivity index (χ0n) is 10.1. The van der Waals surface area contributed by atoms with E-state index < -0.39 is 6.10 Å². The number of hydrogen-bond donors (Lipinski definition) is 1. The monoisotopic (exact) mass is 358 g/mol. The summed E-state index contributed by atoms with van der Waals surface area (Å²) >= 11 is 15.2. The van der Waals surface area contributed by atoms with Gasteiger partial charge in [-0.05, 0) is 48.2 Å². The number of aliphatic hydroxyl groups excluding tert-OH is 1. The number of benzene rings is 2. The van der Waals surface area contributed by atoms with Crippen LogP contribution < -0.4 is 0 Å². The lowest BCUT2D eigenvalue weighted by atomic mass is 10.0. The first-order valence-corrected chi connectivity index (χ1v) is 7.46. The molecule has 0 spiro atoms. The fraction of sp³-hybridized carbons (Fsp3) is 0.200. The first kappa shape index (κ1) is 14.9. The van der Waals surface area contributed by atoms with Crippen molar-refractivity contribution in [3.63, 3.8) is 0 Å². The summed E-state index contributed by atoms with van der Waals surface area (Å²) in [4.78, 5) is 0. The molecule has 100 valence electrons. The molecule has 4 heteroatoms. The van der Waals surface area contributed by atoms with E-state index in [2.05, 4.69) is 15.9 Å². The van der Waals surface area contributed by atoms with Crippen LogP contribution in [0.1, 0.15) is 11.1 Å². The number of halogens is 3. The summed E-state index contributed by atoms with van der Waals surface area (Å²) in [5.41, 5.74) is 2.08. The second-order valence-corrected chi connectivity index (χ2v) is 6.17. The van der Waals surface area contributed by atoms with Crippen LogP contribution in [0.5, 0.6) is 0 Å². The van der Waals surface area contributed by atoms with Gasteiger partial charge in [0.1, 0.15) is 0 Å². The van der Waals surface area contributed by atoms with Crippen LogP contribution in [0.2, 0.25) is 10.0 Å². The van der Waals surface area contributed by atoms with E-state index in [-0.39, 0.29) is 0 Å². The molecule has 0 amide bonds. The summed E-state index contributed by atoms with van der Waals surface area (Å²) in [6.07, 6.45) is 0.731. The molecule has 1 atom stereocenters. The van der Waals surface area contributed by atoms with Crippen LogP contribution in [0.3, 0.4) is 0 Å². The van der Waals surface area contributed by atoms with Crippen molar-refractivity contribution < 1.29 is 5.11 Å². The second kappa shape index (κ2) is 6.76. The van der Waals surface area contributed by atoms with E-state index in [0.717, 1.165) is 15.6 Å². The molecule has 0 aliphatic carbocycles. The molecule has 0 aliphatic heterocycles. The maximum absolute atomic E-state index is 10.1. The lowest BCUT2D eigenvalue weighted by Gasteiger charge is -2.11. The Morgan fingerprint density at radius 1 is 0.947 bits per heavy atom. The molecule has 0 fully saturated rings. The van der Waals surface area contributed by atoms with E-state index in [1.54, 1.807) is 12.1 Å². The van der Waals surface area contributed by atoms with Crippen molar-refractivity contribution >= 4 is 39.1 Å². The molecular weight excluding hydrogens is 347 g/mol. The zero-order valence-corrected chi connectivity index (χ0v) is 13.2. The summed E-state index contributed by atoms with van der Waals surface area (Å²) in [6.45, 7) is 0. The summed E-state index contributed by atoms with van der Waals surface area (Å²) in [6, 6.07) is 13.4. The Labute approximate surface area is 131 Å². The van der Waals surface area contributed by atoms with Crippen LogP contribution >= 0.6 is 39.1 Å². The van der Waals surface area contributed by atoms with Gasteiger partial charge in [0.25, 0.3) is 0 Å². The standard InChI is InChI=1S/C15H13BrCl2O/c16-12-3-1-2-10(6-12)7-13(19)8-11-4-5-14(17)15(18)9-11/h1-6,9,13,19H,7-8H2. The summed E-state index contributed by atoms with van der Waals surface area (Å²) in [5, 5.41) is 11.2. The molecule has 0 bridgehead atoms. The smallest absolute Gasteiger partial charge is 0.0620 e. The molecule has 0 saturated heterocycles. The van der Waals surface area contributed by atoms with Gasteiger partial charge in [-0.1, -0.05) is 57.3 Å². The molecule has 2 aromatic carbocycles. The highest BCUT2D eigenvalue weighted by molar-refractivity contribution is 9.10. The molecule has 0 aromatic heterocycles. The summed E-state index contributed by atoms with van der Waals surface area (Å²) in [5.74, 6) is 0. The highest BCUT2D eigenvalue weighted by Gasteiger charge is 2.08. The molecule has 0 saturated carbocycles. The Balaban J connectivity index is 2.01. The molecular formula is C15H13BrCl2O. The molecule has 19 heavy (non-hydrogen) atoms. The van der Waals surface area contributed by atoms with E-state index >= 15 is 0 Å². The molecule has 0 radical (unpaired) electrons. The fourth-order valence-electron chi connectivity index (χ4n) is 1.95. The third kappa shape index (κ3) is 4.50. The minimum Gasteiger partial charge on any atom is -0.392 e. The van der Waals surface area contributed by atoms with E-state index in [4.69, 9.17) is 23.2 Å². The van der Waals surface area contributed by atoms with E-state index in [1.807, 2.05) is 30.3 Å². The van der Waals surface area contributed by atoms with Crippen molar-refractivity contribution in [2.75, 3.05) is 0 Å². The molecule has 2 rings (SSSR count). The lowest BCUT2D eigenvalue weighted by Crippen LogP contribution is -2.13. The molecule has 2 aromatic rings. The maximum Gasteiger partial charge on any atom is 0.0620 e. The van der Waals surface area contributed by atoms with E-state index in [1.165, 1.54) is 0 Å². The van der Waals surface area contributed by atoms with Crippen LogP contribution in [0.25, 0.3) is 0 Å². The number of rotatable bonds is 4. The van der Waals surface area contributed by atoms with E-state index in [9.17, 15) is 5.11 Å². The predicted molar refractivity (Wildman–Crippen MR) is 84.0 cm³/mol. The molecule has 0 aliphatic rings. The maximum atomic E-state index is 10.1. The zero-order chi connectivity index (χ0) is 13.8. The molecule has 1 nitrogen and oxygen atoms in total. The summed E-state index contributed by atoms with van der Waals surface area (Å²) < 4.78 is 1.02. The van der Waals surface area contributed by atoms with Crippen LogP contribution in [0.15, 0.2) is 46.9 Å². The molecule has 1 unspecified atom stereocenters. The first-order chi connectivity index (χ1) is 9.04. The SMILES string of the molecule is OC(Cc1cccc(Br)c1)Cc1ccc(Cl)c(Cl)c1. The van der Waals surface area contributed by atoms with Crippen LogP contribution in [-0.2, 0) is 12.8 Å². The topological polar surface area (TPSA) is 20.2 Å². The average molecular weight is 360 g/mol. The third-order valence-electron chi connectivity index (χ3n) is 2.82. The Morgan fingerprint density at radius 2 is 1.63 bits per heavy atom. The van der Waals surface area contributed by atoms with Gasteiger partial charge < -0.3 is 5.11 Å². The van der Waals surface area contributed by atoms with Crippen LogP contribution in [-0.4, -0.2) is 11.2 Å². The summed E-state index contributed by atoms with van der Waals surface area (Å²) in [7, 11) is 0. The highest BCUT2D eigenvalue weighted by atomic mass is 79.9. The van der Waals surface area contributed by atoms with Crippen molar-refractivity contribution in [1.29, 1.82) is 0 Å². The Hall–Kier alpha value is -0.540. The Morgan fingerprint density at radius 3 is 2.26 bits per heavy atom. The highest BCUT2D eigenvalue weighted by Crippen LogP contribution is 2.23. The third-order valence-corrected chi connectivity index (χ3v) is 4.05. The first-order valence-electron chi connectivity index (χ1n) is 5.91. The predicted octanol–water partition coefficient (Wildman–Crippen LogP) is 4.90. The minimum absolute atomic E-state index is 0.438. The normalized spacial score (nSPS) is 12.4. The quantitative estimate of drug-likeness (QED) is 0.822. The van der Waals surface area contributed by atoms with Crippen molar-refractivity contribution in [2.24, 2.45) is 0 Å². The van der Waals surface area contributed by atoms with Gasteiger partial charge >= 0.3 is 0 Å². The van der Waals surface area contributed by atoms with E-state index in [0.29, 0.717) is 22.9 Å². The van der Waals surface area contributed by atoms with Crippen molar-refractivity contribution in [1.82, 2.24) is 0 Å². The van der Waals surface area contributed by atoms with Gasteiger partial charge in [-0.25, -0.2) is 0 Å². The van der Waals surface area contributed by atoms with Gasteiger partial charge in [-0.15, -0.1) is 0 Å². The molecule has 0 heterocycles. The fourth-order valence-corrected chi connectivity index (χ4v) is 2.71. The number of hydrogen-bond acceptors (Lipinski definition) is 1. The lowest BCUT2D eigenvalue weighted by molar-refractivity contribution is 0.175. The van der Waals surface area contributed by atoms with Gasteiger partial charge in [-0.3, -0.25) is 0 Å².